The van der Waals surface area contributed by atoms with E-state index in [0.717, 1.165) is 19.8 Å². The molecule has 0 unspecified atom stereocenters. The summed E-state index contributed by atoms with van der Waals surface area (Å²) in [6.45, 7) is -0.181. The lowest BCUT2D eigenvalue weighted by atomic mass is 10.2. The Morgan fingerprint density at radius 1 is 1.05 bits per heavy atom. The molecule has 0 spiro atoms. The second-order valence-electron chi connectivity index (χ2n) is 3.82. The van der Waals surface area contributed by atoms with Crippen molar-refractivity contribution in [3.8, 4) is 11.8 Å². The summed E-state index contributed by atoms with van der Waals surface area (Å²) in [7, 11) is 2.16. The number of benzene rings is 1. The average Bonchev–Trinajstić information content (AvgIpc) is 2.56. The lowest BCUT2D eigenvalue weighted by Crippen LogP contribution is -2.18. The van der Waals surface area contributed by atoms with Crippen molar-refractivity contribution in [3.05, 3.63) is 47.5 Å². The van der Waals surface area contributed by atoms with Gasteiger partial charge in [-0.25, -0.2) is 14.4 Å². The summed E-state index contributed by atoms with van der Waals surface area (Å²) in [5.74, 6) is 2.56. The van der Waals surface area contributed by atoms with Crippen molar-refractivity contribution in [1.29, 1.82) is 0 Å². The molecular weight excluding hydrogens is 288 g/mol. The number of hydrogen-bond acceptors (Lipinski definition) is 6. The molecule has 6 nitrogen and oxygen atoms in total. The molecular formula is C16H14O6. The van der Waals surface area contributed by atoms with Crippen molar-refractivity contribution in [2.24, 2.45) is 0 Å². The summed E-state index contributed by atoms with van der Waals surface area (Å²) in [5, 5.41) is 0. The van der Waals surface area contributed by atoms with E-state index in [0.29, 0.717) is 6.08 Å². The third-order valence-corrected chi connectivity index (χ3v) is 2.37. The number of methoxy groups -OCH3 is 2. The van der Waals surface area contributed by atoms with Crippen molar-refractivity contribution in [2.45, 2.75) is 0 Å². The molecule has 0 amide bonds. The number of carbonyl (C=O) groups excluding carboxylic acids is 3. The molecule has 0 N–H and O–H groups in total. The maximum Gasteiger partial charge on any atom is 0.345 e. The molecule has 0 aromatic heterocycles. The van der Waals surface area contributed by atoms with Gasteiger partial charge in [0.15, 0.2) is 12.2 Å². The van der Waals surface area contributed by atoms with E-state index >= 15 is 0 Å². The SMILES string of the molecule is COC(=O)C(=CC(=O)OCC#Cc1ccccc1)C(=O)OC. The molecule has 0 bridgehead atoms. The molecule has 114 valence electrons. The minimum Gasteiger partial charge on any atom is -0.465 e. The summed E-state index contributed by atoms with van der Waals surface area (Å²) in [5.41, 5.74) is 0.227. The fraction of sp³-hybridized carbons (Fsp3) is 0.188. The molecule has 1 rings (SSSR count). The highest BCUT2D eigenvalue weighted by Gasteiger charge is 2.21. The predicted octanol–water partition coefficient (Wildman–Crippen LogP) is 0.854. The Bertz CT molecular complexity index is 616. The van der Waals surface area contributed by atoms with Gasteiger partial charge in [-0.3, -0.25) is 0 Å². The first-order valence-corrected chi connectivity index (χ1v) is 6.17. The van der Waals surface area contributed by atoms with Crippen LogP contribution in [0.1, 0.15) is 5.56 Å². The van der Waals surface area contributed by atoms with E-state index < -0.39 is 23.5 Å². The zero-order valence-electron chi connectivity index (χ0n) is 12.1. The summed E-state index contributed by atoms with van der Waals surface area (Å²) in [6, 6.07) is 9.13. The first-order valence-electron chi connectivity index (χ1n) is 6.17. The van der Waals surface area contributed by atoms with Gasteiger partial charge in [0, 0.05) is 11.6 Å². The summed E-state index contributed by atoms with van der Waals surface area (Å²) < 4.78 is 13.5. The van der Waals surface area contributed by atoms with Gasteiger partial charge in [-0.05, 0) is 12.1 Å². The molecule has 1 aromatic rings. The highest BCUT2D eigenvalue weighted by atomic mass is 16.5. The molecule has 0 atom stereocenters. The third-order valence-electron chi connectivity index (χ3n) is 2.37. The van der Waals surface area contributed by atoms with Crippen LogP contribution in [0.25, 0.3) is 0 Å². The highest BCUT2D eigenvalue weighted by molar-refractivity contribution is 6.17. The first kappa shape index (κ1) is 17.0. The lowest BCUT2D eigenvalue weighted by molar-refractivity contribution is -0.145. The monoisotopic (exact) mass is 302 g/mol. The highest BCUT2D eigenvalue weighted by Crippen LogP contribution is 2.01. The standard InChI is InChI=1S/C16H14O6/c1-20-15(18)13(16(19)21-2)11-14(17)22-10-6-9-12-7-4-3-5-8-12/h3-5,7-8,11H,10H2,1-2H3. The number of hydrogen-bond donors (Lipinski definition) is 0. The fourth-order valence-electron chi connectivity index (χ4n) is 1.35. The average molecular weight is 302 g/mol. The van der Waals surface area contributed by atoms with E-state index in [4.69, 9.17) is 4.74 Å². The summed E-state index contributed by atoms with van der Waals surface area (Å²) >= 11 is 0. The van der Waals surface area contributed by atoms with Crippen LogP contribution < -0.4 is 0 Å². The van der Waals surface area contributed by atoms with E-state index in [2.05, 4.69) is 21.3 Å². The molecule has 0 radical (unpaired) electrons. The van der Waals surface area contributed by atoms with E-state index in [-0.39, 0.29) is 6.61 Å². The number of carbonyl (C=O) groups is 3. The molecule has 1 aromatic carbocycles. The fourth-order valence-corrected chi connectivity index (χ4v) is 1.35. The van der Waals surface area contributed by atoms with Crippen molar-refractivity contribution in [1.82, 2.24) is 0 Å². The van der Waals surface area contributed by atoms with Gasteiger partial charge >= 0.3 is 17.9 Å². The molecule has 0 aliphatic heterocycles. The van der Waals surface area contributed by atoms with Crippen LogP contribution in [0.2, 0.25) is 0 Å². The van der Waals surface area contributed by atoms with Crippen LogP contribution in [-0.4, -0.2) is 38.7 Å². The van der Waals surface area contributed by atoms with Gasteiger partial charge < -0.3 is 14.2 Å². The van der Waals surface area contributed by atoms with Crippen LogP contribution in [0.4, 0.5) is 0 Å². The summed E-state index contributed by atoms with van der Waals surface area (Å²) in [4.78, 5) is 34.2. The van der Waals surface area contributed by atoms with Gasteiger partial charge in [0.1, 0.15) is 0 Å². The second kappa shape index (κ2) is 8.97. The zero-order chi connectivity index (χ0) is 16.4. The Morgan fingerprint density at radius 2 is 1.64 bits per heavy atom. The normalized spacial score (nSPS) is 8.82. The van der Waals surface area contributed by atoms with Crippen LogP contribution in [0.15, 0.2) is 42.0 Å². The maximum absolute atomic E-state index is 11.5. The Kier molecular flexibility index (Phi) is 6.93. The quantitative estimate of drug-likeness (QED) is 0.205. The molecule has 0 fully saturated rings. The van der Waals surface area contributed by atoms with Gasteiger partial charge in [0.25, 0.3) is 0 Å². The van der Waals surface area contributed by atoms with Gasteiger partial charge in [0.2, 0.25) is 0 Å². The third kappa shape index (κ3) is 5.51. The Balaban J connectivity index is 2.64. The molecule has 22 heavy (non-hydrogen) atoms. The van der Waals surface area contributed by atoms with Gasteiger partial charge in [-0.2, -0.15) is 0 Å². The van der Waals surface area contributed by atoms with Crippen molar-refractivity contribution >= 4 is 17.9 Å². The number of esters is 3. The van der Waals surface area contributed by atoms with Crippen molar-refractivity contribution in [3.63, 3.8) is 0 Å². The molecule has 0 heterocycles. The molecule has 0 aliphatic rings. The zero-order valence-corrected chi connectivity index (χ0v) is 12.1. The maximum atomic E-state index is 11.5. The molecule has 0 saturated heterocycles. The number of ether oxygens (including phenoxy) is 3. The lowest BCUT2D eigenvalue weighted by Gasteiger charge is -2.02. The van der Waals surface area contributed by atoms with Crippen molar-refractivity contribution < 1.29 is 28.6 Å². The largest absolute Gasteiger partial charge is 0.465 e. The summed E-state index contributed by atoms with van der Waals surface area (Å²) in [6.07, 6.45) is 0.710. The van der Waals surface area contributed by atoms with Crippen LogP contribution in [0.5, 0.6) is 0 Å². The molecule has 6 heteroatoms. The van der Waals surface area contributed by atoms with Crippen molar-refractivity contribution in [2.75, 3.05) is 20.8 Å². The van der Waals surface area contributed by atoms with Crippen LogP contribution in [-0.2, 0) is 28.6 Å². The van der Waals surface area contributed by atoms with Crippen LogP contribution in [0.3, 0.4) is 0 Å². The molecule has 0 saturated carbocycles. The Labute approximate surface area is 127 Å². The van der Waals surface area contributed by atoms with Gasteiger partial charge in [0.05, 0.1) is 14.2 Å². The van der Waals surface area contributed by atoms with E-state index in [1.165, 1.54) is 0 Å². The molecule has 0 aliphatic carbocycles. The topological polar surface area (TPSA) is 78.9 Å². The minimum atomic E-state index is -0.987. The first-order chi connectivity index (χ1) is 10.6. The van der Waals surface area contributed by atoms with E-state index in [1.54, 1.807) is 12.1 Å². The Morgan fingerprint density at radius 3 is 2.18 bits per heavy atom. The van der Waals surface area contributed by atoms with Gasteiger partial charge in [-0.1, -0.05) is 30.0 Å². The van der Waals surface area contributed by atoms with Crippen LogP contribution in [0, 0.1) is 11.8 Å². The number of rotatable bonds is 4. The van der Waals surface area contributed by atoms with Gasteiger partial charge in [-0.15, -0.1) is 0 Å². The smallest absolute Gasteiger partial charge is 0.345 e. The minimum absolute atomic E-state index is 0.181. The van der Waals surface area contributed by atoms with E-state index in [9.17, 15) is 14.4 Å². The van der Waals surface area contributed by atoms with Crippen LogP contribution >= 0.6 is 0 Å². The van der Waals surface area contributed by atoms with E-state index in [1.807, 2.05) is 18.2 Å². The predicted molar refractivity (Wildman–Crippen MR) is 76.4 cm³/mol. The Hall–Kier alpha value is -3.07. The second-order valence-corrected chi connectivity index (χ2v) is 3.82.